The molecule has 24 heavy (non-hydrogen) atoms. The van der Waals surface area contributed by atoms with Crippen LogP contribution in [0, 0.1) is 0 Å². The molecule has 4 aromatic rings. The molecule has 0 unspecified atom stereocenters. The maximum atomic E-state index is 11.8. The standard InChI is InChI=1S/C17H14N4O2S/c1-24(22,23)12-4-2-3-10(5-12)11-6-14-13-7-16(18)19-9-15(13)21-17(14)20-8-11/h2-9H,1H3,(H2,18,19)(H,20,21). The molecule has 4 rings (SSSR count). The number of aromatic nitrogens is 3. The van der Waals surface area contributed by atoms with Gasteiger partial charge in [-0.05, 0) is 29.8 Å². The smallest absolute Gasteiger partial charge is 0.175 e. The van der Waals surface area contributed by atoms with Crippen LogP contribution in [0.25, 0.3) is 33.1 Å². The zero-order valence-electron chi connectivity index (χ0n) is 12.8. The first-order valence-electron chi connectivity index (χ1n) is 7.25. The van der Waals surface area contributed by atoms with Gasteiger partial charge in [-0.3, -0.25) is 0 Å². The number of hydrogen-bond donors (Lipinski definition) is 2. The Hall–Kier alpha value is -2.93. The van der Waals surface area contributed by atoms with E-state index < -0.39 is 9.84 Å². The summed E-state index contributed by atoms with van der Waals surface area (Å²) in [4.78, 5) is 12.0. The molecule has 0 aliphatic rings. The highest BCUT2D eigenvalue weighted by molar-refractivity contribution is 7.90. The van der Waals surface area contributed by atoms with E-state index in [2.05, 4.69) is 15.0 Å². The third-order valence-electron chi connectivity index (χ3n) is 3.95. The van der Waals surface area contributed by atoms with Gasteiger partial charge >= 0.3 is 0 Å². The van der Waals surface area contributed by atoms with Gasteiger partial charge in [-0.2, -0.15) is 0 Å². The summed E-state index contributed by atoms with van der Waals surface area (Å²) in [5.74, 6) is 0.438. The molecule has 3 aromatic heterocycles. The lowest BCUT2D eigenvalue weighted by Crippen LogP contribution is -1.96. The van der Waals surface area contributed by atoms with Crippen LogP contribution in [-0.2, 0) is 9.84 Å². The number of nitrogen functional groups attached to an aromatic ring is 1. The number of pyridine rings is 2. The first kappa shape index (κ1) is 14.6. The third kappa shape index (κ3) is 2.39. The Bertz CT molecular complexity index is 1200. The zero-order chi connectivity index (χ0) is 16.9. The minimum Gasteiger partial charge on any atom is -0.384 e. The Morgan fingerprint density at radius 1 is 1.00 bits per heavy atom. The second-order valence-corrected chi connectivity index (χ2v) is 7.72. The third-order valence-corrected chi connectivity index (χ3v) is 5.06. The molecule has 0 saturated heterocycles. The molecule has 0 radical (unpaired) electrons. The molecule has 0 spiro atoms. The molecule has 0 atom stereocenters. The quantitative estimate of drug-likeness (QED) is 0.585. The maximum Gasteiger partial charge on any atom is 0.175 e. The van der Waals surface area contributed by atoms with E-state index in [1.54, 1.807) is 36.7 Å². The normalized spacial score (nSPS) is 12.0. The molecule has 0 fully saturated rings. The summed E-state index contributed by atoms with van der Waals surface area (Å²) in [7, 11) is -3.26. The molecule has 3 heterocycles. The Morgan fingerprint density at radius 2 is 1.83 bits per heavy atom. The lowest BCUT2D eigenvalue weighted by molar-refractivity contribution is 0.602. The van der Waals surface area contributed by atoms with Crippen molar-refractivity contribution in [2.45, 2.75) is 4.90 Å². The van der Waals surface area contributed by atoms with E-state index in [-0.39, 0.29) is 4.90 Å². The van der Waals surface area contributed by atoms with Crippen molar-refractivity contribution in [1.29, 1.82) is 0 Å². The largest absolute Gasteiger partial charge is 0.384 e. The highest BCUT2D eigenvalue weighted by atomic mass is 32.2. The summed E-state index contributed by atoms with van der Waals surface area (Å²) in [6, 6.07) is 10.6. The molecule has 0 aliphatic heterocycles. The molecule has 6 nitrogen and oxygen atoms in total. The van der Waals surface area contributed by atoms with E-state index in [9.17, 15) is 8.42 Å². The van der Waals surface area contributed by atoms with Crippen molar-refractivity contribution in [3.8, 4) is 11.1 Å². The summed E-state index contributed by atoms with van der Waals surface area (Å²) >= 11 is 0. The number of sulfone groups is 1. The van der Waals surface area contributed by atoms with Gasteiger partial charge in [0, 0.05) is 28.8 Å². The van der Waals surface area contributed by atoms with Gasteiger partial charge in [-0.15, -0.1) is 0 Å². The number of hydrogen-bond acceptors (Lipinski definition) is 5. The van der Waals surface area contributed by atoms with Crippen LogP contribution in [0.2, 0.25) is 0 Å². The first-order valence-corrected chi connectivity index (χ1v) is 9.14. The van der Waals surface area contributed by atoms with E-state index >= 15 is 0 Å². The molecule has 7 heteroatoms. The number of nitrogens with zero attached hydrogens (tertiary/aromatic N) is 2. The average Bonchev–Trinajstić information content (AvgIpc) is 2.91. The van der Waals surface area contributed by atoms with Crippen molar-refractivity contribution in [3.05, 3.63) is 48.8 Å². The summed E-state index contributed by atoms with van der Waals surface area (Å²) in [5, 5.41) is 1.85. The number of aromatic amines is 1. The Labute approximate surface area is 138 Å². The second-order valence-electron chi connectivity index (χ2n) is 5.70. The van der Waals surface area contributed by atoms with Crippen LogP contribution < -0.4 is 5.73 Å². The van der Waals surface area contributed by atoms with Crippen molar-refractivity contribution in [1.82, 2.24) is 15.0 Å². The summed E-state index contributed by atoms with van der Waals surface area (Å²) in [6.07, 6.45) is 4.59. The highest BCUT2D eigenvalue weighted by Gasteiger charge is 2.11. The number of benzene rings is 1. The summed E-state index contributed by atoms with van der Waals surface area (Å²) in [5.41, 5.74) is 9.00. The van der Waals surface area contributed by atoms with Gasteiger partial charge in [0.15, 0.2) is 9.84 Å². The topological polar surface area (TPSA) is 102 Å². The average molecular weight is 338 g/mol. The fraction of sp³-hybridized carbons (Fsp3) is 0.0588. The highest BCUT2D eigenvalue weighted by Crippen LogP contribution is 2.29. The minimum atomic E-state index is -3.26. The SMILES string of the molecule is CS(=O)(=O)c1cccc(-c2cnc3[nH]c4cnc(N)cc4c3c2)c1. The van der Waals surface area contributed by atoms with Gasteiger partial charge in [0.2, 0.25) is 0 Å². The van der Waals surface area contributed by atoms with Gasteiger partial charge in [0.05, 0.1) is 16.6 Å². The fourth-order valence-corrected chi connectivity index (χ4v) is 3.42. The number of anilines is 1. The number of H-pyrrole nitrogens is 1. The van der Waals surface area contributed by atoms with Gasteiger partial charge in [0.1, 0.15) is 11.5 Å². The molecule has 0 aliphatic carbocycles. The van der Waals surface area contributed by atoms with Crippen LogP contribution in [0.5, 0.6) is 0 Å². The lowest BCUT2D eigenvalue weighted by Gasteiger charge is -2.04. The van der Waals surface area contributed by atoms with E-state index in [1.807, 2.05) is 12.1 Å². The first-order chi connectivity index (χ1) is 11.4. The molecule has 3 N–H and O–H groups in total. The monoisotopic (exact) mass is 338 g/mol. The zero-order valence-corrected chi connectivity index (χ0v) is 13.6. The predicted octanol–water partition coefficient (Wildman–Crippen LogP) is 2.76. The van der Waals surface area contributed by atoms with Gasteiger partial charge in [0.25, 0.3) is 0 Å². The van der Waals surface area contributed by atoms with Gasteiger partial charge in [-0.25, -0.2) is 18.4 Å². The van der Waals surface area contributed by atoms with Crippen molar-refractivity contribution in [2.75, 3.05) is 12.0 Å². The van der Waals surface area contributed by atoms with Crippen molar-refractivity contribution in [3.63, 3.8) is 0 Å². The minimum absolute atomic E-state index is 0.285. The number of nitrogens with one attached hydrogen (secondary N) is 1. The fourth-order valence-electron chi connectivity index (χ4n) is 2.76. The number of nitrogens with two attached hydrogens (primary N) is 1. The van der Waals surface area contributed by atoms with Crippen LogP contribution in [0.4, 0.5) is 5.82 Å². The molecular formula is C17H14N4O2S. The predicted molar refractivity (Wildman–Crippen MR) is 94.4 cm³/mol. The molecule has 1 aromatic carbocycles. The molecule has 120 valence electrons. The molecule has 0 amide bonds. The van der Waals surface area contributed by atoms with Crippen LogP contribution in [-0.4, -0.2) is 29.6 Å². The van der Waals surface area contributed by atoms with E-state index in [4.69, 9.17) is 5.73 Å². The van der Waals surface area contributed by atoms with Crippen LogP contribution in [0.1, 0.15) is 0 Å². The van der Waals surface area contributed by atoms with Crippen LogP contribution in [0.15, 0.2) is 53.7 Å². The molecular weight excluding hydrogens is 324 g/mol. The van der Waals surface area contributed by atoms with Crippen molar-refractivity contribution < 1.29 is 8.42 Å². The van der Waals surface area contributed by atoms with Crippen LogP contribution >= 0.6 is 0 Å². The van der Waals surface area contributed by atoms with Crippen LogP contribution in [0.3, 0.4) is 0 Å². The maximum absolute atomic E-state index is 11.8. The van der Waals surface area contributed by atoms with E-state index in [0.29, 0.717) is 5.82 Å². The summed E-state index contributed by atoms with van der Waals surface area (Å²) < 4.78 is 23.5. The van der Waals surface area contributed by atoms with E-state index in [1.165, 1.54) is 6.26 Å². The van der Waals surface area contributed by atoms with Crippen molar-refractivity contribution >= 4 is 37.6 Å². The lowest BCUT2D eigenvalue weighted by atomic mass is 10.1. The summed E-state index contributed by atoms with van der Waals surface area (Å²) in [6.45, 7) is 0. The van der Waals surface area contributed by atoms with Gasteiger partial charge in [-0.1, -0.05) is 12.1 Å². The molecule has 0 saturated carbocycles. The Balaban J connectivity index is 1.95. The van der Waals surface area contributed by atoms with Gasteiger partial charge < -0.3 is 10.7 Å². The molecule has 0 bridgehead atoms. The Morgan fingerprint density at radius 3 is 2.62 bits per heavy atom. The van der Waals surface area contributed by atoms with E-state index in [0.717, 1.165) is 33.1 Å². The number of rotatable bonds is 2. The Kier molecular flexibility index (Phi) is 3.07. The second kappa shape index (κ2) is 5.04. The van der Waals surface area contributed by atoms with Crippen molar-refractivity contribution in [2.24, 2.45) is 0 Å². The number of fused-ring (bicyclic) bond motifs is 3.